The molecule has 9 nitrogen and oxygen atoms in total. The fourth-order valence-corrected chi connectivity index (χ4v) is 7.32. The number of benzene rings is 1. The Balaban J connectivity index is 1.86. The van der Waals surface area contributed by atoms with Crippen LogP contribution >= 0.6 is 15.7 Å². The zero-order chi connectivity index (χ0) is 23.0. The van der Waals surface area contributed by atoms with Gasteiger partial charge in [-0.3, -0.25) is 4.98 Å². The van der Waals surface area contributed by atoms with Crippen molar-refractivity contribution in [3.05, 3.63) is 72.1 Å². The van der Waals surface area contributed by atoms with Gasteiger partial charge in [-0.05, 0) is 36.4 Å². The molecule has 0 spiro atoms. The van der Waals surface area contributed by atoms with Crippen LogP contribution in [0.15, 0.2) is 55.2 Å². The number of hydrogen-bond donors (Lipinski definition) is 4. The van der Waals surface area contributed by atoms with E-state index in [0.717, 1.165) is 6.07 Å². The Kier molecular flexibility index (Phi) is 6.68. The zero-order valence-corrected chi connectivity index (χ0v) is 19.0. The number of hydrogen-bond acceptors (Lipinski definition) is 9. The largest absolute Gasteiger partial charge is 0.492 e. The van der Waals surface area contributed by atoms with Crippen LogP contribution < -0.4 is 4.74 Å². The summed E-state index contributed by atoms with van der Waals surface area (Å²) in [6, 6.07) is 6.91. The highest BCUT2D eigenvalue weighted by Crippen LogP contribution is 2.86. The molecule has 0 radical (unpaired) electrons. The van der Waals surface area contributed by atoms with Crippen molar-refractivity contribution in [1.29, 1.82) is 0 Å². The lowest BCUT2D eigenvalue weighted by atomic mass is 10.2. The van der Waals surface area contributed by atoms with Crippen LogP contribution in [0.1, 0.15) is 17.4 Å². The Bertz CT molecular complexity index is 942. The molecule has 3 rings (SSSR count). The van der Waals surface area contributed by atoms with E-state index >= 15 is 0 Å². The van der Waals surface area contributed by atoms with E-state index in [2.05, 4.69) is 11.6 Å². The van der Waals surface area contributed by atoms with E-state index in [-0.39, 0.29) is 23.6 Å². The fraction of sp³-hybridized carbons (Fsp3) is 0.316. The molecule has 1 aliphatic rings. The number of rotatable bonds is 6. The first kappa shape index (κ1) is 23.9. The topological polar surface area (TPSA) is 125 Å². The molecule has 31 heavy (non-hydrogen) atoms. The van der Waals surface area contributed by atoms with Crippen molar-refractivity contribution in [1.82, 2.24) is 9.88 Å². The van der Waals surface area contributed by atoms with Gasteiger partial charge in [-0.1, -0.05) is 6.07 Å². The molecule has 12 heteroatoms. The van der Waals surface area contributed by atoms with E-state index in [4.69, 9.17) is 13.8 Å². The number of pyridine rings is 1. The molecule has 1 fully saturated rings. The maximum Gasteiger partial charge on any atom is 0.492 e. The van der Waals surface area contributed by atoms with Crippen LogP contribution in [0.3, 0.4) is 0 Å². The van der Waals surface area contributed by atoms with Gasteiger partial charge in [-0.25, -0.2) is 9.28 Å². The van der Waals surface area contributed by atoms with Crippen molar-refractivity contribution in [3.8, 4) is 5.75 Å². The molecular weight excluding hydrogens is 449 g/mol. The lowest BCUT2D eigenvalue weighted by Crippen LogP contribution is -2.43. The molecule has 1 aromatic carbocycles. The first-order valence-corrected chi connectivity index (χ1v) is 12.8. The normalized spacial score (nSPS) is 27.5. The second-order valence-electron chi connectivity index (χ2n) is 7.36. The Morgan fingerprint density at radius 3 is 2.55 bits per heavy atom. The lowest BCUT2D eigenvalue weighted by Gasteiger charge is -2.38. The third-order valence-electron chi connectivity index (χ3n) is 4.79. The summed E-state index contributed by atoms with van der Waals surface area (Å²) in [4.78, 5) is 37.7. The number of aliphatic hydroxyl groups is 1. The van der Waals surface area contributed by atoms with Crippen molar-refractivity contribution in [2.75, 3.05) is 20.8 Å². The van der Waals surface area contributed by atoms with Crippen LogP contribution in [-0.2, 0) is 15.5 Å². The molecule has 0 saturated carbocycles. The van der Waals surface area contributed by atoms with Gasteiger partial charge in [0.2, 0.25) is 0 Å². The minimum atomic E-state index is -4.60. The minimum Gasteiger partial charge on any atom is -0.439 e. The average Bonchev–Trinajstić information content (AvgIpc) is 2.68. The van der Waals surface area contributed by atoms with E-state index in [1.165, 1.54) is 31.2 Å². The number of aromatic nitrogens is 1. The van der Waals surface area contributed by atoms with Gasteiger partial charge in [0, 0.05) is 32.1 Å². The van der Waals surface area contributed by atoms with Gasteiger partial charge in [0.15, 0.2) is 17.4 Å². The molecule has 2 heterocycles. The monoisotopic (exact) mass is 474 g/mol. The summed E-state index contributed by atoms with van der Waals surface area (Å²) in [5.74, 6) is -0.676. The van der Waals surface area contributed by atoms with Gasteiger partial charge in [0.1, 0.15) is 6.66 Å². The molecule has 0 amide bonds. The van der Waals surface area contributed by atoms with Crippen LogP contribution in [-0.4, -0.2) is 55.5 Å². The fourth-order valence-electron chi connectivity index (χ4n) is 2.86. The predicted molar refractivity (Wildman–Crippen MR) is 114 cm³/mol. The molecule has 4 N–H and O–H groups in total. The standard InChI is InChI=1S/C19H25FN2O7P2/c1-13(22(2)3)27-17-8-7-15(10-16(17)20)18-28-30(4,24)19(23,31(25,26)29-18)11-14-6-5-9-21-12-14/h5-10,12,18,23-26H,1,11H2,2-4H3/q+2. The Labute approximate surface area is 180 Å². The summed E-state index contributed by atoms with van der Waals surface area (Å²) in [6.45, 7) is 4.85. The van der Waals surface area contributed by atoms with E-state index in [1.807, 2.05) is 0 Å². The quantitative estimate of drug-likeness (QED) is 0.370. The SMILES string of the molecule is C=C(Oc1ccc(C2O[P+](C)(O)C(O)(Cc3cccnc3)[P+](O)(O)O2)cc1F)N(C)C. The molecule has 168 valence electrons. The average molecular weight is 474 g/mol. The molecule has 2 aromatic rings. The Hall–Kier alpha value is -1.74. The maximum atomic E-state index is 14.5. The van der Waals surface area contributed by atoms with Crippen LogP contribution in [0.25, 0.3) is 0 Å². The molecular formula is C19H25FN2O7P2+2. The molecule has 0 aliphatic carbocycles. The minimum absolute atomic E-state index is 0.0662. The molecule has 0 bridgehead atoms. The van der Waals surface area contributed by atoms with Crippen molar-refractivity contribution in [2.45, 2.75) is 17.8 Å². The molecule has 1 saturated heterocycles. The van der Waals surface area contributed by atoms with Gasteiger partial charge < -0.3 is 14.7 Å². The first-order chi connectivity index (χ1) is 14.4. The van der Waals surface area contributed by atoms with Crippen LogP contribution in [0.2, 0.25) is 0 Å². The van der Waals surface area contributed by atoms with Gasteiger partial charge in [0.05, 0.1) is 6.42 Å². The van der Waals surface area contributed by atoms with Gasteiger partial charge >= 0.3 is 20.7 Å². The second-order valence-corrected chi connectivity index (χ2v) is 12.5. The molecule has 1 aliphatic heterocycles. The van der Waals surface area contributed by atoms with Crippen molar-refractivity contribution in [3.63, 3.8) is 0 Å². The van der Waals surface area contributed by atoms with Crippen molar-refractivity contribution in [2.24, 2.45) is 0 Å². The summed E-state index contributed by atoms with van der Waals surface area (Å²) in [5.41, 5.74) is 0.508. The summed E-state index contributed by atoms with van der Waals surface area (Å²) in [5, 5.41) is 8.59. The molecule has 3 atom stereocenters. The maximum absolute atomic E-state index is 14.5. The van der Waals surface area contributed by atoms with Crippen molar-refractivity contribution >= 4 is 15.7 Å². The number of halogens is 1. The first-order valence-electron chi connectivity index (χ1n) is 9.12. The van der Waals surface area contributed by atoms with E-state index in [9.17, 15) is 24.2 Å². The Morgan fingerprint density at radius 2 is 2.00 bits per heavy atom. The third-order valence-corrected chi connectivity index (χ3v) is 10.4. The predicted octanol–water partition coefficient (Wildman–Crippen LogP) is 2.78. The van der Waals surface area contributed by atoms with E-state index in [0.29, 0.717) is 5.56 Å². The van der Waals surface area contributed by atoms with Crippen molar-refractivity contribution < 1.29 is 38.0 Å². The smallest absolute Gasteiger partial charge is 0.439 e. The second kappa shape index (κ2) is 8.65. The van der Waals surface area contributed by atoms with E-state index < -0.39 is 32.9 Å². The lowest BCUT2D eigenvalue weighted by molar-refractivity contribution is -0.0627. The summed E-state index contributed by atoms with van der Waals surface area (Å²) in [6.07, 6.45) is 1.06. The summed E-state index contributed by atoms with van der Waals surface area (Å²) < 4.78 is 30.7. The number of nitrogens with zero attached hydrogens (tertiary/aromatic N) is 2. The van der Waals surface area contributed by atoms with Crippen LogP contribution in [0.5, 0.6) is 5.75 Å². The summed E-state index contributed by atoms with van der Waals surface area (Å²) in [7, 11) is -5.09. The highest BCUT2D eigenvalue weighted by molar-refractivity contribution is 7.82. The summed E-state index contributed by atoms with van der Waals surface area (Å²) >= 11 is 0. The number of ether oxygens (including phenoxy) is 1. The zero-order valence-electron chi connectivity index (χ0n) is 17.2. The van der Waals surface area contributed by atoms with Crippen LogP contribution in [0.4, 0.5) is 4.39 Å². The highest BCUT2D eigenvalue weighted by Gasteiger charge is 2.83. The van der Waals surface area contributed by atoms with E-state index in [1.54, 1.807) is 31.1 Å². The molecule has 3 unspecified atom stereocenters. The third kappa shape index (κ3) is 4.72. The van der Waals surface area contributed by atoms with Gasteiger partial charge in [-0.2, -0.15) is 14.3 Å². The van der Waals surface area contributed by atoms with Crippen LogP contribution in [0, 0.1) is 5.82 Å². The Morgan fingerprint density at radius 1 is 1.29 bits per heavy atom. The van der Waals surface area contributed by atoms with Gasteiger partial charge in [0.25, 0.3) is 6.29 Å². The molecule has 1 aromatic heterocycles. The highest BCUT2D eigenvalue weighted by atomic mass is 31.3. The van der Waals surface area contributed by atoms with Gasteiger partial charge in [-0.15, -0.1) is 4.52 Å².